The molecule has 4 heteroatoms. The van der Waals surface area contributed by atoms with Gasteiger partial charge in [0, 0.05) is 10.3 Å². The molecule has 1 aromatic heterocycles. The van der Waals surface area contributed by atoms with Crippen LogP contribution in [0, 0.1) is 6.57 Å². The van der Waals surface area contributed by atoms with E-state index in [-0.39, 0.29) is 5.97 Å². The Morgan fingerprint density at radius 1 is 1.53 bits per heavy atom. The van der Waals surface area contributed by atoms with E-state index in [1.165, 1.54) is 18.4 Å². The van der Waals surface area contributed by atoms with Crippen molar-refractivity contribution in [1.29, 1.82) is 0 Å². The van der Waals surface area contributed by atoms with Crippen LogP contribution in [0.1, 0.15) is 29.1 Å². The van der Waals surface area contributed by atoms with Gasteiger partial charge < -0.3 is 4.74 Å². The fourth-order valence-electron chi connectivity index (χ4n) is 1.02. The van der Waals surface area contributed by atoms with Crippen LogP contribution in [-0.2, 0) is 4.74 Å². The van der Waals surface area contributed by atoms with Crippen LogP contribution in [0.4, 0.5) is 0 Å². The van der Waals surface area contributed by atoms with Gasteiger partial charge in [0.1, 0.15) is 0 Å². The molecule has 0 fully saturated rings. The standard InChI is InChI=1S/C11H11NO2S/c1-7(8(2)12-3)10-5-9(6-15-10)11(13)14-4/h5-6H,1-2,4H3/b8-7-. The first-order chi connectivity index (χ1) is 7.10. The molecule has 0 saturated heterocycles. The number of methoxy groups -OCH3 is 1. The largest absolute Gasteiger partial charge is 0.465 e. The van der Waals surface area contributed by atoms with Crippen molar-refractivity contribution in [1.82, 2.24) is 0 Å². The van der Waals surface area contributed by atoms with Crippen molar-refractivity contribution in [3.05, 3.63) is 39.0 Å². The van der Waals surface area contributed by atoms with Gasteiger partial charge in [-0.2, -0.15) is 0 Å². The Labute approximate surface area is 92.8 Å². The summed E-state index contributed by atoms with van der Waals surface area (Å²) in [5.41, 5.74) is 2.09. The second-order valence-electron chi connectivity index (χ2n) is 3.01. The second-order valence-corrected chi connectivity index (χ2v) is 3.92. The van der Waals surface area contributed by atoms with E-state index in [0.29, 0.717) is 11.3 Å². The number of carbonyl (C=O) groups excluding carboxylic acids is 1. The molecule has 0 aliphatic rings. The first-order valence-electron chi connectivity index (χ1n) is 4.32. The number of allylic oxidation sites excluding steroid dienone is 2. The van der Waals surface area contributed by atoms with Gasteiger partial charge in [-0.3, -0.25) is 0 Å². The average molecular weight is 221 g/mol. The highest BCUT2D eigenvalue weighted by Crippen LogP contribution is 2.26. The van der Waals surface area contributed by atoms with E-state index in [1.54, 1.807) is 18.4 Å². The lowest BCUT2D eigenvalue weighted by atomic mass is 10.2. The maximum atomic E-state index is 11.2. The minimum Gasteiger partial charge on any atom is -0.465 e. The number of hydrogen-bond donors (Lipinski definition) is 0. The Bertz CT molecular complexity index is 451. The van der Waals surface area contributed by atoms with E-state index in [9.17, 15) is 4.79 Å². The minimum atomic E-state index is -0.342. The molecular formula is C11H11NO2S. The van der Waals surface area contributed by atoms with Crippen LogP contribution in [0.2, 0.25) is 0 Å². The number of hydrogen-bond acceptors (Lipinski definition) is 3. The molecule has 0 unspecified atom stereocenters. The molecule has 0 bridgehead atoms. The quantitative estimate of drug-likeness (QED) is 0.567. The average Bonchev–Trinajstić information content (AvgIpc) is 2.75. The molecule has 0 radical (unpaired) electrons. The van der Waals surface area contributed by atoms with Crippen molar-refractivity contribution in [3.63, 3.8) is 0 Å². The van der Waals surface area contributed by atoms with Gasteiger partial charge in [-0.05, 0) is 25.5 Å². The van der Waals surface area contributed by atoms with E-state index in [0.717, 1.165) is 10.5 Å². The summed E-state index contributed by atoms with van der Waals surface area (Å²) in [6.45, 7) is 10.5. The number of ether oxygens (including phenoxy) is 1. The molecular weight excluding hydrogens is 210 g/mol. The lowest BCUT2D eigenvalue weighted by molar-refractivity contribution is 0.0601. The van der Waals surface area contributed by atoms with Crippen molar-refractivity contribution < 1.29 is 9.53 Å². The zero-order valence-corrected chi connectivity index (χ0v) is 9.64. The van der Waals surface area contributed by atoms with Gasteiger partial charge in [-0.25, -0.2) is 9.64 Å². The topological polar surface area (TPSA) is 30.7 Å². The molecule has 78 valence electrons. The first kappa shape index (κ1) is 11.5. The highest BCUT2D eigenvalue weighted by Gasteiger charge is 2.10. The Hall–Kier alpha value is -1.60. The van der Waals surface area contributed by atoms with Crippen LogP contribution in [0.15, 0.2) is 17.1 Å². The molecule has 0 aromatic carbocycles. The third-order valence-electron chi connectivity index (χ3n) is 2.10. The van der Waals surface area contributed by atoms with Crippen molar-refractivity contribution >= 4 is 22.9 Å². The molecule has 0 aliphatic heterocycles. The monoisotopic (exact) mass is 221 g/mol. The van der Waals surface area contributed by atoms with Crippen LogP contribution in [0.25, 0.3) is 10.4 Å². The number of rotatable bonds is 2. The molecule has 0 atom stereocenters. The Balaban J connectivity index is 3.06. The summed E-state index contributed by atoms with van der Waals surface area (Å²) < 4.78 is 4.61. The molecule has 0 amide bonds. The lowest BCUT2D eigenvalue weighted by Crippen LogP contribution is -1.98. The Morgan fingerprint density at radius 2 is 2.20 bits per heavy atom. The number of carbonyl (C=O) groups is 1. The van der Waals surface area contributed by atoms with Gasteiger partial charge >= 0.3 is 5.97 Å². The summed E-state index contributed by atoms with van der Waals surface area (Å²) in [7, 11) is 1.35. The van der Waals surface area contributed by atoms with Gasteiger partial charge in [0.25, 0.3) is 0 Å². The van der Waals surface area contributed by atoms with E-state index in [4.69, 9.17) is 6.57 Å². The van der Waals surface area contributed by atoms with Gasteiger partial charge in [-0.15, -0.1) is 11.3 Å². The molecule has 15 heavy (non-hydrogen) atoms. The second kappa shape index (κ2) is 4.76. The van der Waals surface area contributed by atoms with E-state index >= 15 is 0 Å². The van der Waals surface area contributed by atoms with Gasteiger partial charge in [-0.1, -0.05) is 0 Å². The van der Waals surface area contributed by atoms with Crippen molar-refractivity contribution in [2.45, 2.75) is 13.8 Å². The molecule has 0 spiro atoms. The Kier molecular flexibility index (Phi) is 3.64. The molecule has 0 saturated carbocycles. The molecule has 1 rings (SSSR count). The highest BCUT2D eigenvalue weighted by atomic mass is 32.1. The molecule has 3 nitrogen and oxygen atoms in total. The van der Waals surface area contributed by atoms with Crippen LogP contribution >= 0.6 is 11.3 Å². The third-order valence-corrected chi connectivity index (χ3v) is 3.15. The normalized spacial score (nSPS) is 11.6. The summed E-state index contributed by atoms with van der Waals surface area (Å²) in [5.74, 6) is -0.342. The van der Waals surface area contributed by atoms with E-state index < -0.39 is 0 Å². The number of nitrogens with zero attached hydrogens (tertiary/aromatic N) is 1. The minimum absolute atomic E-state index is 0.342. The van der Waals surface area contributed by atoms with Crippen molar-refractivity contribution in [3.8, 4) is 0 Å². The summed E-state index contributed by atoms with van der Waals surface area (Å²) in [6, 6.07) is 1.75. The van der Waals surface area contributed by atoms with Crippen LogP contribution in [-0.4, -0.2) is 13.1 Å². The van der Waals surface area contributed by atoms with Gasteiger partial charge in [0.15, 0.2) is 5.70 Å². The summed E-state index contributed by atoms with van der Waals surface area (Å²) >= 11 is 1.44. The molecule has 1 aromatic rings. The van der Waals surface area contributed by atoms with Crippen molar-refractivity contribution in [2.75, 3.05) is 7.11 Å². The molecule has 0 aliphatic carbocycles. The summed E-state index contributed by atoms with van der Waals surface area (Å²) in [6.07, 6.45) is 0. The fourth-order valence-corrected chi connectivity index (χ4v) is 1.96. The molecule has 0 N–H and O–H groups in total. The van der Waals surface area contributed by atoms with Crippen LogP contribution < -0.4 is 0 Å². The zero-order chi connectivity index (χ0) is 11.4. The third kappa shape index (κ3) is 2.45. The van der Waals surface area contributed by atoms with Gasteiger partial charge in [0.05, 0.1) is 19.2 Å². The van der Waals surface area contributed by atoms with Crippen LogP contribution in [0.3, 0.4) is 0 Å². The van der Waals surface area contributed by atoms with E-state index in [2.05, 4.69) is 9.58 Å². The predicted molar refractivity (Wildman–Crippen MR) is 60.5 cm³/mol. The Morgan fingerprint density at radius 3 is 2.73 bits per heavy atom. The maximum absolute atomic E-state index is 11.2. The fraction of sp³-hybridized carbons (Fsp3) is 0.273. The lowest BCUT2D eigenvalue weighted by Gasteiger charge is -1.97. The highest BCUT2D eigenvalue weighted by molar-refractivity contribution is 7.11. The predicted octanol–water partition coefficient (Wildman–Crippen LogP) is 3.20. The summed E-state index contributed by atoms with van der Waals surface area (Å²) in [4.78, 5) is 15.5. The SMILES string of the molecule is [C-]#[N+]/C(C)=C(/C)c1cc(C(=O)OC)cs1. The molecule has 1 heterocycles. The zero-order valence-electron chi connectivity index (χ0n) is 8.83. The van der Waals surface area contributed by atoms with Gasteiger partial charge in [0.2, 0.25) is 0 Å². The number of thiophene rings is 1. The smallest absolute Gasteiger partial charge is 0.338 e. The van der Waals surface area contributed by atoms with Crippen LogP contribution in [0.5, 0.6) is 0 Å². The maximum Gasteiger partial charge on any atom is 0.338 e. The first-order valence-corrected chi connectivity index (χ1v) is 5.20. The summed E-state index contributed by atoms with van der Waals surface area (Å²) in [5, 5.41) is 1.74. The number of esters is 1. The van der Waals surface area contributed by atoms with E-state index in [1.807, 2.05) is 6.92 Å². The van der Waals surface area contributed by atoms with Crippen molar-refractivity contribution in [2.24, 2.45) is 0 Å².